The number of carbonyl (C=O) groups excluding carboxylic acids is 2. The van der Waals surface area contributed by atoms with Crippen molar-refractivity contribution in [1.29, 1.82) is 0 Å². The summed E-state index contributed by atoms with van der Waals surface area (Å²) in [6.45, 7) is 7.82. The Morgan fingerprint density at radius 1 is 1.18 bits per heavy atom. The number of hydrogen-bond acceptors (Lipinski definition) is 7. The summed E-state index contributed by atoms with van der Waals surface area (Å²) in [4.78, 5) is 34.7. The highest BCUT2D eigenvalue weighted by molar-refractivity contribution is 5.99. The normalized spacial score (nSPS) is 24.1. The number of methoxy groups -OCH3 is 1. The minimum absolute atomic E-state index is 0.0453. The second-order valence-electron chi connectivity index (χ2n) is 10.5. The van der Waals surface area contributed by atoms with E-state index in [0.29, 0.717) is 56.2 Å². The monoisotopic (exact) mass is 524 g/mol. The average molecular weight is 525 g/mol. The van der Waals surface area contributed by atoms with Crippen LogP contribution in [0.3, 0.4) is 0 Å². The summed E-state index contributed by atoms with van der Waals surface area (Å²) in [5.74, 6) is 0.364. The second kappa shape index (κ2) is 13.2. The molecule has 4 rings (SSSR count). The van der Waals surface area contributed by atoms with Crippen molar-refractivity contribution in [3.63, 3.8) is 0 Å². The maximum atomic E-state index is 13.6. The quantitative estimate of drug-likeness (QED) is 0.640. The lowest BCUT2D eigenvalue weighted by Gasteiger charge is -2.36. The number of ether oxygens (including phenoxy) is 3. The molecule has 1 N–H and O–H groups in total. The van der Waals surface area contributed by atoms with Crippen LogP contribution in [0.25, 0.3) is 0 Å². The zero-order valence-electron chi connectivity index (χ0n) is 22.9. The molecule has 206 valence electrons. The van der Waals surface area contributed by atoms with Crippen molar-refractivity contribution in [3.8, 4) is 5.75 Å². The van der Waals surface area contributed by atoms with Crippen molar-refractivity contribution in [2.45, 2.75) is 45.4 Å². The van der Waals surface area contributed by atoms with Crippen LogP contribution in [0.1, 0.15) is 42.6 Å². The molecule has 0 saturated carbocycles. The Labute approximate surface area is 225 Å². The van der Waals surface area contributed by atoms with E-state index in [-0.39, 0.29) is 35.8 Å². The summed E-state index contributed by atoms with van der Waals surface area (Å²) in [5, 5.41) is 2.99. The van der Waals surface area contributed by atoms with E-state index in [1.54, 1.807) is 43.5 Å². The number of rotatable bonds is 5. The first-order valence-electron chi connectivity index (χ1n) is 13.4. The molecule has 0 bridgehead atoms. The minimum atomic E-state index is -0.170. The summed E-state index contributed by atoms with van der Waals surface area (Å²) < 4.78 is 17.5. The summed E-state index contributed by atoms with van der Waals surface area (Å²) >= 11 is 0. The molecule has 9 heteroatoms. The number of fused-ring (bicyclic) bond motifs is 1. The molecule has 2 aliphatic heterocycles. The van der Waals surface area contributed by atoms with Crippen LogP contribution in [-0.2, 0) is 20.8 Å². The van der Waals surface area contributed by atoms with Crippen LogP contribution in [-0.4, -0.2) is 85.8 Å². The highest BCUT2D eigenvalue weighted by Crippen LogP contribution is 2.27. The number of hydrogen-bond donors (Lipinski definition) is 1. The molecule has 1 aromatic carbocycles. The number of benzene rings is 1. The van der Waals surface area contributed by atoms with Gasteiger partial charge in [0.15, 0.2) is 0 Å². The summed E-state index contributed by atoms with van der Waals surface area (Å²) in [6, 6.07) is 9.40. The average Bonchev–Trinajstić information content (AvgIpc) is 2.94. The van der Waals surface area contributed by atoms with E-state index >= 15 is 0 Å². The molecule has 9 nitrogen and oxygen atoms in total. The Morgan fingerprint density at radius 2 is 1.97 bits per heavy atom. The van der Waals surface area contributed by atoms with E-state index < -0.39 is 0 Å². The van der Waals surface area contributed by atoms with Gasteiger partial charge in [0.2, 0.25) is 5.91 Å². The van der Waals surface area contributed by atoms with Crippen molar-refractivity contribution in [3.05, 3.63) is 53.9 Å². The molecule has 38 heavy (non-hydrogen) atoms. The Bertz CT molecular complexity index is 1080. The second-order valence-corrected chi connectivity index (χ2v) is 10.5. The van der Waals surface area contributed by atoms with E-state index in [1.807, 2.05) is 12.3 Å². The van der Waals surface area contributed by atoms with Gasteiger partial charge in [-0.2, -0.15) is 0 Å². The predicted octanol–water partition coefficient (Wildman–Crippen LogP) is 3.45. The SMILES string of the molecule is CO[C@H]1CN(C)C(=O)c2cc(NC(=O)C3CCOCC3)ccc2OC[C@@H](C)N(Cc2cccnc2)C[C@H]1C. The maximum absolute atomic E-state index is 13.6. The molecule has 3 atom stereocenters. The Kier molecular flexibility index (Phi) is 9.71. The maximum Gasteiger partial charge on any atom is 0.257 e. The zero-order valence-corrected chi connectivity index (χ0v) is 22.9. The van der Waals surface area contributed by atoms with E-state index in [9.17, 15) is 9.59 Å². The fourth-order valence-electron chi connectivity index (χ4n) is 5.08. The smallest absolute Gasteiger partial charge is 0.257 e. The van der Waals surface area contributed by atoms with Crippen LogP contribution in [0.4, 0.5) is 5.69 Å². The number of carbonyl (C=O) groups is 2. The fourth-order valence-corrected chi connectivity index (χ4v) is 5.08. The molecule has 0 aliphatic carbocycles. The number of amides is 2. The standard InChI is InChI=1S/C29H40N4O5/c1-20-16-33(17-22-6-5-11-30-15-22)21(2)19-38-26-8-7-24(31-28(34)23-9-12-37-13-10-23)14-25(26)29(35)32(3)18-27(20)36-4/h5-8,11,14-15,20-21,23,27H,9-10,12-13,16-19H2,1-4H3,(H,31,34)/t20-,21-,27+/m1/s1. The third-order valence-electron chi connectivity index (χ3n) is 7.54. The van der Waals surface area contributed by atoms with Crippen LogP contribution in [0.5, 0.6) is 5.75 Å². The number of aromatic nitrogens is 1. The van der Waals surface area contributed by atoms with Crippen molar-refractivity contribution < 1.29 is 23.8 Å². The summed E-state index contributed by atoms with van der Waals surface area (Å²) in [5.41, 5.74) is 2.14. The third-order valence-corrected chi connectivity index (χ3v) is 7.54. The minimum Gasteiger partial charge on any atom is -0.491 e. The molecule has 3 heterocycles. The van der Waals surface area contributed by atoms with Gasteiger partial charge in [-0.1, -0.05) is 13.0 Å². The number of pyridine rings is 1. The van der Waals surface area contributed by atoms with Crippen molar-refractivity contribution in [2.75, 3.05) is 52.4 Å². The number of nitrogens with zero attached hydrogens (tertiary/aromatic N) is 3. The van der Waals surface area contributed by atoms with Crippen molar-refractivity contribution >= 4 is 17.5 Å². The molecule has 2 amide bonds. The van der Waals surface area contributed by atoms with Gasteiger partial charge in [0, 0.05) is 77.0 Å². The lowest BCUT2D eigenvalue weighted by atomic mass is 9.99. The topological polar surface area (TPSA) is 93.2 Å². The van der Waals surface area contributed by atoms with Gasteiger partial charge in [-0.05, 0) is 55.5 Å². The molecule has 2 aliphatic rings. The number of likely N-dealkylation sites (N-methyl/N-ethyl adjacent to an activating group) is 1. The van der Waals surface area contributed by atoms with E-state index in [4.69, 9.17) is 14.2 Å². The Morgan fingerprint density at radius 3 is 2.68 bits per heavy atom. The van der Waals surface area contributed by atoms with Gasteiger partial charge < -0.3 is 24.4 Å². The highest BCUT2D eigenvalue weighted by atomic mass is 16.5. The lowest BCUT2D eigenvalue weighted by molar-refractivity contribution is -0.122. The predicted molar refractivity (Wildman–Crippen MR) is 145 cm³/mol. The van der Waals surface area contributed by atoms with Crippen molar-refractivity contribution in [2.24, 2.45) is 11.8 Å². The Balaban J connectivity index is 1.59. The molecule has 0 unspecified atom stereocenters. The van der Waals surface area contributed by atoms with Crippen molar-refractivity contribution in [1.82, 2.24) is 14.8 Å². The largest absolute Gasteiger partial charge is 0.491 e. The molecule has 2 aromatic rings. The first kappa shape index (κ1) is 28.0. The van der Waals surface area contributed by atoms with Crippen LogP contribution in [0, 0.1) is 11.8 Å². The van der Waals surface area contributed by atoms with Gasteiger partial charge in [-0.3, -0.25) is 19.5 Å². The van der Waals surface area contributed by atoms with Crippen LogP contribution >= 0.6 is 0 Å². The van der Waals surface area contributed by atoms with Crippen LogP contribution < -0.4 is 10.1 Å². The van der Waals surface area contributed by atoms with E-state index in [1.165, 1.54) is 0 Å². The van der Waals surface area contributed by atoms with E-state index in [2.05, 4.69) is 35.1 Å². The molecular formula is C29H40N4O5. The first-order valence-corrected chi connectivity index (χ1v) is 13.4. The fraction of sp³-hybridized carbons (Fsp3) is 0.552. The van der Waals surface area contributed by atoms with Crippen LogP contribution in [0.2, 0.25) is 0 Å². The summed E-state index contributed by atoms with van der Waals surface area (Å²) in [7, 11) is 3.47. The molecule has 1 fully saturated rings. The number of anilines is 1. The molecule has 1 saturated heterocycles. The third kappa shape index (κ3) is 7.09. The molecule has 1 aromatic heterocycles. The van der Waals surface area contributed by atoms with Gasteiger partial charge >= 0.3 is 0 Å². The molecule has 0 radical (unpaired) electrons. The van der Waals surface area contributed by atoms with Gasteiger partial charge in [0.1, 0.15) is 12.4 Å². The van der Waals surface area contributed by atoms with Gasteiger partial charge in [-0.15, -0.1) is 0 Å². The Hall–Kier alpha value is -3.01. The van der Waals surface area contributed by atoms with Gasteiger partial charge in [0.25, 0.3) is 5.91 Å². The van der Waals surface area contributed by atoms with Crippen LogP contribution in [0.15, 0.2) is 42.7 Å². The molecule has 0 spiro atoms. The zero-order chi connectivity index (χ0) is 27.1. The van der Waals surface area contributed by atoms with E-state index in [0.717, 1.165) is 18.7 Å². The summed E-state index contributed by atoms with van der Waals surface area (Å²) in [6.07, 6.45) is 4.92. The molecular weight excluding hydrogens is 484 g/mol. The highest BCUT2D eigenvalue weighted by Gasteiger charge is 2.29. The van der Waals surface area contributed by atoms with Gasteiger partial charge in [-0.25, -0.2) is 0 Å². The lowest BCUT2D eigenvalue weighted by Crippen LogP contribution is -2.46. The number of nitrogens with one attached hydrogen (secondary N) is 1. The van der Waals surface area contributed by atoms with Gasteiger partial charge in [0.05, 0.1) is 11.7 Å². The first-order chi connectivity index (χ1) is 18.4.